The van der Waals surface area contributed by atoms with Crippen molar-refractivity contribution in [2.45, 2.75) is 32.0 Å². The number of rotatable bonds is 6. The van der Waals surface area contributed by atoms with Crippen LogP contribution >= 0.6 is 35.0 Å². The molecule has 5 nitrogen and oxygen atoms in total. The summed E-state index contributed by atoms with van der Waals surface area (Å²) in [5.74, 6) is 0.908. The van der Waals surface area contributed by atoms with Crippen LogP contribution in [-0.4, -0.2) is 26.4 Å². The first-order valence-corrected chi connectivity index (χ1v) is 8.53. The maximum Gasteiger partial charge on any atom is 0.234 e. The number of aromatic nitrogens is 3. The first-order chi connectivity index (χ1) is 10.5. The molecule has 8 heteroatoms. The topological polar surface area (TPSA) is 59.8 Å². The van der Waals surface area contributed by atoms with Gasteiger partial charge in [0.15, 0.2) is 5.16 Å². The summed E-state index contributed by atoms with van der Waals surface area (Å²) in [4.78, 5) is 12.0. The Bertz CT molecular complexity index is 675. The van der Waals surface area contributed by atoms with Crippen LogP contribution in [0.4, 0.5) is 5.69 Å². The summed E-state index contributed by atoms with van der Waals surface area (Å²) in [6.07, 6.45) is 0.983. The van der Waals surface area contributed by atoms with Crippen LogP contribution < -0.4 is 5.32 Å². The van der Waals surface area contributed by atoms with Gasteiger partial charge in [0.25, 0.3) is 0 Å². The zero-order valence-corrected chi connectivity index (χ0v) is 14.6. The quantitative estimate of drug-likeness (QED) is 0.791. The van der Waals surface area contributed by atoms with E-state index in [4.69, 9.17) is 23.2 Å². The van der Waals surface area contributed by atoms with Crippen molar-refractivity contribution in [3.05, 3.63) is 34.1 Å². The van der Waals surface area contributed by atoms with Gasteiger partial charge in [-0.3, -0.25) is 4.79 Å². The van der Waals surface area contributed by atoms with Crippen LogP contribution in [0.25, 0.3) is 0 Å². The second kappa shape index (κ2) is 7.85. The number of hydrogen-bond donors (Lipinski definition) is 1. The largest absolute Gasteiger partial charge is 0.324 e. The number of nitrogens with one attached hydrogen (secondary N) is 1. The Morgan fingerprint density at radius 3 is 2.86 bits per heavy atom. The molecule has 22 heavy (non-hydrogen) atoms. The first kappa shape index (κ1) is 17.1. The number of nitrogens with zero attached hydrogens (tertiary/aromatic N) is 3. The maximum atomic E-state index is 12.0. The summed E-state index contributed by atoms with van der Waals surface area (Å²) >= 11 is 13.3. The molecule has 0 radical (unpaired) electrons. The molecule has 0 aliphatic heterocycles. The summed E-state index contributed by atoms with van der Waals surface area (Å²) in [7, 11) is 0. The van der Waals surface area contributed by atoms with Gasteiger partial charge in [-0.15, -0.1) is 10.2 Å². The van der Waals surface area contributed by atoms with Crippen LogP contribution in [0.3, 0.4) is 0 Å². The van der Waals surface area contributed by atoms with Crippen LogP contribution in [0, 0.1) is 6.92 Å². The van der Waals surface area contributed by atoms with Gasteiger partial charge in [0.1, 0.15) is 5.82 Å². The number of thioether (sulfide) groups is 1. The van der Waals surface area contributed by atoms with Gasteiger partial charge in [-0.25, -0.2) is 0 Å². The number of amides is 1. The van der Waals surface area contributed by atoms with Crippen molar-refractivity contribution in [2.24, 2.45) is 0 Å². The third-order valence-corrected chi connectivity index (χ3v) is 4.42. The number of benzene rings is 1. The minimum Gasteiger partial charge on any atom is -0.324 e. The Labute approximate surface area is 143 Å². The zero-order chi connectivity index (χ0) is 16.1. The normalized spacial score (nSPS) is 10.7. The van der Waals surface area contributed by atoms with Crippen LogP contribution in [0.1, 0.15) is 19.2 Å². The average molecular weight is 359 g/mol. The summed E-state index contributed by atoms with van der Waals surface area (Å²) in [6, 6.07) is 4.94. The van der Waals surface area contributed by atoms with Crippen molar-refractivity contribution in [2.75, 3.05) is 11.1 Å². The van der Waals surface area contributed by atoms with E-state index in [1.54, 1.807) is 18.2 Å². The molecule has 1 amide bonds. The van der Waals surface area contributed by atoms with E-state index in [2.05, 4.69) is 22.4 Å². The molecule has 0 spiro atoms. The summed E-state index contributed by atoms with van der Waals surface area (Å²) in [6.45, 7) is 4.82. The molecule has 0 atom stereocenters. The Morgan fingerprint density at radius 2 is 2.14 bits per heavy atom. The lowest BCUT2D eigenvalue weighted by Gasteiger charge is -2.08. The zero-order valence-electron chi connectivity index (χ0n) is 12.3. The highest BCUT2D eigenvalue weighted by Gasteiger charge is 2.12. The SMILES string of the molecule is CCCn1c(C)nnc1SCC(=O)Nc1cc(Cl)ccc1Cl. The van der Waals surface area contributed by atoms with E-state index in [1.165, 1.54) is 11.8 Å². The number of aryl methyl sites for hydroxylation is 1. The lowest BCUT2D eigenvalue weighted by molar-refractivity contribution is -0.113. The fourth-order valence-electron chi connectivity index (χ4n) is 1.86. The molecule has 1 heterocycles. The van der Waals surface area contributed by atoms with Gasteiger partial charge in [0, 0.05) is 11.6 Å². The molecule has 0 fully saturated rings. The lowest BCUT2D eigenvalue weighted by atomic mass is 10.3. The Hall–Kier alpha value is -1.24. The van der Waals surface area contributed by atoms with Gasteiger partial charge >= 0.3 is 0 Å². The molecule has 1 aromatic carbocycles. The highest BCUT2D eigenvalue weighted by atomic mass is 35.5. The molecule has 118 valence electrons. The predicted octanol–water partition coefficient (Wildman–Crippen LogP) is 4.03. The number of carbonyl (C=O) groups excluding carboxylic acids is 1. The van der Waals surface area contributed by atoms with E-state index in [1.807, 2.05) is 11.5 Å². The van der Waals surface area contributed by atoms with Crippen molar-refractivity contribution in [1.29, 1.82) is 0 Å². The molecule has 2 rings (SSSR count). The monoisotopic (exact) mass is 358 g/mol. The van der Waals surface area contributed by atoms with Gasteiger partial charge in [-0.1, -0.05) is 41.9 Å². The highest BCUT2D eigenvalue weighted by Crippen LogP contribution is 2.26. The Kier molecular flexibility index (Phi) is 6.11. The smallest absolute Gasteiger partial charge is 0.234 e. The molecule has 0 aliphatic rings. The van der Waals surface area contributed by atoms with Crippen LogP contribution in [0.15, 0.2) is 23.4 Å². The molecule has 1 aromatic heterocycles. The van der Waals surface area contributed by atoms with Crippen molar-refractivity contribution in [1.82, 2.24) is 14.8 Å². The maximum absolute atomic E-state index is 12.0. The standard InChI is InChI=1S/C14H16Cl2N4OS/c1-3-6-20-9(2)18-19-14(20)22-8-13(21)17-12-7-10(15)4-5-11(12)16/h4-5,7H,3,6,8H2,1-2H3,(H,17,21). The summed E-state index contributed by atoms with van der Waals surface area (Å²) < 4.78 is 2.00. The first-order valence-electron chi connectivity index (χ1n) is 6.78. The molecular weight excluding hydrogens is 343 g/mol. The number of hydrogen-bond acceptors (Lipinski definition) is 4. The van der Waals surface area contributed by atoms with Gasteiger partial charge in [0.05, 0.1) is 16.5 Å². The molecule has 0 aliphatic carbocycles. The minimum atomic E-state index is -0.169. The van der Waals surface area contributed by atoms with E-state index in [9.17, 15) is 4.79 Å². The summed E-state index contributed by atoms with van der Waals surface area (Å²) in [5.41, 5.74) is 0.506. The fourth-order valence-corrected chi connectivity index (χ4v) is 3.01. The van der Waals surface area contributed by atoms with E-state index in [-0.39, 0.29) is 11.7 Å². The van der Waals surface area contributed by atoms with Gasteiger partial charge < -0.3 is 9.88 Å². The molecule has 1 N–H and O–H groups in total. The Morgan fingerprint density at radius 1 is 1.36 bits per heavy atom. The van der Waals surface area contributed by atoms with Crippen molar-refractivity contribution < 1.29 is 4.79 Å². The van der Waals surface area contributed by atoms with Crippen LogP contribution in [0.5, 0.6) is 0 Å². The van der Waals surface area contributed by atoms with Crippen LogP contribution in [-0.2, 0) is 11.3 Å². The van der Waals surface area contributed by atoms with Gasteiger partial charge in [-0.05, 0) is 31.5 Å². The van der Waals surface area contributed by atoms with Gasteiger partial charge in [0.2, 0.25) is 5.91 Å². The number of anilines is 1. The van der Waals surface area contributed by atoms with Crippen molar-refractivity contribution in [3.63, 3.8) is 0 Å². The molecule has 0 unspecified atom stereocenters. The van der Waals surface area contributed by atoms with E-state index < -0.39 is 0 Å². The minimum absolute atomic E-state index is 0.169. The van der Waals surface area contributed by atoms with Crippen molar-refractivity contribution in [3.8, 4) is 0 Å². The average Bonchev–Trinajstić information content (AvgIpc) is 2.82. The third kappa shape index (κ3) is 4.38. The molecule has 0 bridgehead atoms. The second-order valence-corrected chi connectivity index (χ2v) is 6.43. The van der Waals surface area contributed by atoms with Crippen molar-refractivity contribution >= 4 is 46.6 Å². The number of carbonyl (C=O) groups is 1. The molecule has 2 aromatic rings. The third-order valence-electron chi connectivity index (χ3n) is 2.88. The van der Waals surface area contributed by atoms with E-state index >= 15 is 0 Å². The highest BCUT2D eigenvalue weighted by molar-refractivity contribution is 7.99. The molecular formula is C14H16Cl2N4OS. The summed E-state index contributed by atoms with van der Waals surface area (Å²) in [5, 5.41) is 12.6. The van der Waals surface area contributed by atoms with Crippen LogP contribution in [0.2, 0.25) is 10.0 Å². The second-order valence-electron chi connectivity index (χ2n) is 4.64. The van der Waals surface area contributed by atoms with E-state index in [0.29, 0.717) is 15.7 Å². The predicted molar refractivity (Wildman–Crippen MR) is 90.9 cm³/mol. The van der Waals surface area contributed by atoms with Gasteiger partial charge in [-0.2, -0.15) is 0 Å². The fraction of sp³-hybridized carbons (Fsp3) is 0.357. The molecule has 0 saturated heterocycles. The number of halogens is 2. The van der Waals surface area contributed by atoms with E-state index in [0.717, 1.165) is 23.9 Å². The Balaban J connectivity index is 1.97. The lowest BCUT2D eigenvalue weighted by Crippen LogP contribution is -2.15. The molecule has 0 saturated carbocycles.